The molecule has 0 radical (unpaired) electrons. The smallest absolute Gasteiger partial charge is 0.213 e. The summed E-state index contributed by atoms with van der Waals surface area (Å²) in [6.07, 6.45) is 2.63. The first kappa shape index (κ1) is 15.1. The monoisotopic (exact) mass is 310 g/mol. The van der Waals surface area contributed by atoms with E-state index in [1.54, 1.807) is 6.20 Å². The Bertz CT molecular complexity index is 535. The lowest BCUT2D eigenvalue weighted by atomic mass is 10.2. The molecule has 2 aromatic rings. The molecule has 1 N–H and O–H groups in total. The molecule has 106 valence electrons. The summed E-state index contributed by atoms with van der Waals surface area (Å²) in [5, 5.41) is 4.50. The Labute approximate surface area is 128 Å². The molecule has 1 aromatic carbocycles. The topological polar surface area (TPSA) is 34.1 Å². The molecule has 0 bridgehead atoms. The van der Waals surface area contributed by atoms with Gasteiger partial charge in [0.1, 0.15) is 0 Å². The quantitative estimate of drug-likeness (QED) is 0.786. The number of halogens is 2. The van der Waals surface area contributed by atoms with Crippen LogP contribution in [-0.4, -0.2) is 18.1 Å². The minimum absolute atomic E-state index is 0.583. The average molecular weight is 311 g/mol. The third kappa shape index (κ3) is 5.00. The van der Waals surface area contributed by atoms with Gasteiger partial charge in [-0.1, -0.05) is 35.3 Å². The molecule has 0 fully saturated rings. The number of ether oxygens (including phenoxy) is 1. The van der Waals surface area contributed by atoms with Crippen LogP contribution in [-0.2, 0) is 6.54 Å². The Balaban J connectivity index is 1.61. The minimum atomic E-state index is 0.583. The fourth-order valence-corrected chi connectivity index (χ4v) is 2.01. The lowest BCUT2D eigenvalue weighted by Crippen LogP contribution is -2.17. The zero-order valence-corrected chi connectivity index (χ0v) is 12.5. The van der Waals surface area contributed by atoms with Gasteiger partial charge in [0.25, 0.3) is 0 Å². The molecule has 0 aliphatic heterocycles. The first-order valence-corrected chi connectivity index (χ1v) is 7.20. The van der Waals surface area contributed by atoms with Crippen LogP contribution in [0.4, 0.5) is 0 Å². The fraction of sp³-hybridized carbons (Fsp3) is 0.267. The van der Waals surface area contributed by atoms with Gasteiger partial charge in [-0.2, -0.15) is 0 Å². The standard InChI is InChI=1S/C15H16Cl2N2O/c16-13-6-5-12(10-14(13)17)11-18-7-3-9-20-15-4-1-2-8-19-15/h1-2,4-6,8,10,18H,3,7,9,11H2. The normalized spacial score (nSPS) is 10.5. The van der Waals surface area contributed by atoms with Crippen LogP contribution >= 0.6 is 23.2 Å². The van der Waals surface area contributed by atoms with Crippen molar-refractivity contribution in [2.45, 2.75) is 13.0 Å². The molecule has 3 nitrogen and oxygen atoms in total. The van der Waals surface area contributed by atoms with E-state index in [4.69, 9.17) is 27.9 Å². The Hall–Kier alpha value is -1.29. The van der Waals surface area contributed by atoms with E-state index in [1.807, 2.05) is 36.4 Å². The van der Waals surface area contributed by atoms with Gasteiger partial charge in [0.05, 0.1) is 16.7 Å². The fourth-order valence-electron chi connectivity index (χ4n) is 1.69. The van der Waals surface area contributed by atoms with Crippen LogP contribution in [0.3, 0.4) is 0 Å². The van der Waals surface area contributed by atoms with Crippen LogP contribution in [0, 0.1) is 0 Å². The van der Waals surface area contributed by atoms with Gasteiger partial charge in [0.15, 0.2) is 0 Å². The van der Waals surface area contributed by atoms with Gasteiger partial charge in [-0.3, -0.25) is 0 Å². The van der Waals surface area contributed by atoms with Crippen molar-refractivity contribution in [2.75, 3.05) is 13.2 Å². The van der Waals surface area contributed by atoms with E-state index in [1.165, 1.54) is 0 Å². The number of rotatable bonds is 7. The molecular weight excluding hydrogens is 295 g/mol. The predicted octanol–water partition coefficient (Wildman–Crippen LogP) is 3.95. The van der Waals surface area contributed by atoms with Crippen LogP contribution in [0.15, 0.2) is 42.6 Å². The summed E-state index contributed by atoms with van der Waals surface area (Å²) >= 11 is 11.8. The Morgan fingerprint density at radius 1 is 1.10 bits per heavy atom. The van der Waals surface area contributed by atoms with Crippen LogP contribution in [0.5, 0.6) is 5.88 Å². The van der Waals surface area contributed by atoms with Crippen LogP contribution in [0.2, 0.25) is 10.0 Å². The number of hydrogen-bond donors (Lipinski definition) is 1. The van der Waals surface area contributed by atoms with Crippen molar-refractivity contribution in [3.8, 4) is 5.88 Å². The maximum absolute atomic E-state index is 5.96. The van der Waals surface area contributed by atoms with Crippen molar-refractivity contribution in [1.82, 2.24) is 10.3 Å². The zero-order valence-electron chi connectivity index (χ0n) is 11.0. The van der Waals surface area contributed by atoms with Gasteiger partial charge >= 0.3 is 0 Å². The average Bonchev–Trinajstić information content (AvgIpc) is 2.47. The molecule has 0 atom stereocenters. The highest BCUT2D eigenvalue weighted by Crippen LogP contribution is 2.22. The summed E-state index contributed by atoms with van der Waals surface area (Å²) in [5.41, 5.74) is 1.12. The number of hydrogen-bond acceptors (Lipinski definition) is 3. The summed E-state index contributed by atoms with van der Waals surface area (Å²) in [6, 6.07) is 11.3. The third-order valence-electron chi connectivity index (χ3n) is 2.70. The van der Waals surface area contributed by atoms with E-state index in [9.17, 15) is 0 Å². The minimum Gasteiger partial charge on any atom is -0.478 e. The summed E-state index contributed by atoms with van der Waals surface area (Å²) in [5.74, 6) is 0.664. The Morgan fingerprint density at radius 3 is 2.75 bits per heavy atom. The van der Waals surface area contributed by atoms with Crippen LogP contribution in [0.25, 0.3) is 0 Å². The molecule has 0 unspecified atom stereocenters. The number of pyridine rings is 1. The molecule has 2 rings (SSSR count). The second-order valence-corrected chi connectivity index (χ2v) is 5.11. The maximum atomic E-state index is 5.96. The Morgan fingerprint density at radius 2 is 2.00 bits per heavy atom. The third-order valence-corrected chi connectivity index (χ3v) is 3.44. The van der Waals surface area contributed by atoms with E-state index in [0.717, 1.165) is 25.1 Å². The predicted molar refractivity (Wildman–Crippen MR) is 82.5 cm³/mol. The van der Waals surface area contributed by atoms with Gasteiger partial charge < -0.3 is 10.1 Å². The van der Waals surface area contributed by atoms with Crippen molar-refractivity contribution in [3.05, 3.63) is 58.2 Å². The second-order valence-electron chi connectivity index (χ2n) is 4.30. The van der Waals surface area contributed by atoms with E-state index in [-0.39, 0.29) is 0 Å². The molecule has 0 saturated carbocycles. The van der Waals surface area contributed by atoms with E-state index in [0.29, 0.717) is 22.5 Å². The molecular formula is C15H16Cl2N2O. The van der Waals surface area contributed by atoms with Gasteiger partial charge in [0, 0.05) is 18.8 Å². The van der Waals surface area contributed by atoms with Crippen molar-refractivity contribution in [2.24, 2.45) is 0 Å². The lowest BCUT2D eigenvalue weighted by molar-refractivity contribution is 0.296. The van der Waals surface area contributed by atoms with E-state index in [2.05, 4.69) is 10.3 Å². The van der Waals surface area contributed by atoms with Crippen LogP contribution in [0.1, 0.15) is 12.0 Å². The highest BCUT2D eigenvalue weighted by Gasteiger charge is 1.99. The maximum Gasteiger partial charge on any atom is 0.213 e. The SMILES string of the molecule is Clc1ccc(CNCCCOc2ccccn2)cc1Cl. The zero-order chi connectivity index (χ0) is 14.2. The van der Waals surface area contributed by atoms with Gasteiger partial charge in [-0.05, 0) is 36.7 Å². The molecule has 0 spiro atoms. The van der Waals surface area contributed by atoms with Crippen molar-refractivity contribution in [1.29, 1.82) is 0 Å². The molecule has 0 saturated heterocycles. The van der Waals surface area contributed by atoms with Gasteiger partial charge in [-0.15, -0.1) is 0 Å². The molecule has 0 aliphatic carbocycles. The van der Waals surface area contributed by atoms with E-state index < -0.39 is 0 Å². The molecule has 20 heavy (non-hydrogen) atoms. The summed E-state index contributed by atoms with van der Waals surface area (Å²) in [4.78, 5) is 4.09. The molecule has 5 heteroatoms. The largest absolute Gasteiger partial charge is 0.478 e. The first-order valence-electron chi connectivity index (χ1n) is 6.44. The first-order chi connectivity index (χ1) is 9.75. The van der Waals surface area contributed by atoms with Crippen molar-refractivity contribution in [3.63, 3.8) is 0 Å². The highest BCUT2D eigenvalue weighted by atomic mass is 35.5. The lowest BCUT2D eigenvalue weighted by Gasteiger charge is -2.07. The molecule has 0 aliphatic rings. The number of benzene rings is 1. The number of nitrogens with zero attached hydrogens (tertiary/aromatic N) is 1. The van der Waals surface area contributed by atoms with Gasteiger partial charge in [0.2, 0.25) is 5.88 Å². The summed E-state index contributed by atoms with van der Waals surface area (Å²) in [7, 11) is 0. The molecule has 1 heterocycles. The summed E-state index contributed by atoms with van der Waals surface area (Å²) in [6.45, 7) is 2.28. The van der Waals surface area contributed by atoms with Crippen molar-refractivity contribution < 1.29 is 4.74 Å². The van der Waals surface area contributed by atoms with E-state index >= 15 is 0 Å². The molecule has 0 amide bonds. The highest BCUT2D eigenvalue weighted by molar-refractivity contribution is 6.42. The number of aromatic nitrogens is 1. The van der Waals surface area contributed by atoms with Gasteiger partial charge in [-0.25, -0.2) is 4.98 Å². The summed E-state index contributed by atoms with van der Waals surface area (Å²) < 4.78 is 5.50. The molecule has 1 aromatic heterocycles. The van der Waals surface area contributed by atoms with Crippen molar-refractivity contribution >= 4 is 23.2 Å². The van der Waals surface area contributed by atoms with Crippen LogP contribution < -0.4 is 10.1 Å². The Kier molecular flexibility index (Phi) is 6.12. The second kappa shape index (κ2) is 8.10. The number of nitrogens with one attached hydrogen (secondary N) is 1.